The van der Waals surface area contributed by atoms with Crippen molar-refractivity contribution in [1.29, 1.82) is 0 Å². The van der Waals surface area contributed by atoms with Crippen LogP contribution in [0.4, 0.5) is 0 Å². The van der Waals surface area contributed by atoms with Gasteiger partial charge >= 0.3 is 0 Å². The molecule has 0 amide bonds. The number of ether oxygens (including phenoxy) is 2. The molecule has 0 aliphatic carbocycles. The van der Waals surface area contributed by atoms with Gasteiger partial charge in [-0.05, 0) is 0 Å². The van der Waals surface area contributed by atoms with E-state index in [2.05, 4.69) is 13.8 Å². The molecule has 0 bridgehead atoms. The molecule has 0 unspecified atom stereocenters. The van der Waals surface area contributed by atoms with E-state index in [1.54, 1.807) is 0 Å². The maximum atomic E-state index is 5.55. The van der Waals surface area contributed by atoms with E-state index in [0.29, 0.717) is 19.1 Å². The summed E-state index contributed by atoms with van der Waals surface area (Å²) in [5.41, 5.74) is 0. The Morgan fingerprint density at radius 3 is 2.17 bits per heavy atom. The summed E-state index contributed by atoms with van der Waals surface area (Å²) < 4.78 is 11.1. The van der Waals surface area contributed by atoms with Gasteiger partial charge in [0, 0.05) is 11.8 Å². The summed E-state index contributed by atoms with van der Waals surface area (Å²) in [6, 6.07) is 0. The van der Waals surface area contributed by atoms with Crippen LogP contribution in [0, 0.1) is 11.8 Å². The number of allylic oxidation sites excluding steroid dienone is 2. The minimum atomic E-state index is 0.412. The summed E-state index contributed by atoms with van der Waals surface area (Å²) in [4.78, 5) is 0. The lowest BCUT2D eigenvalue weighted by molar-refractivity contribution is 0.0494. The molecule has 2 nitrogen and oxygen atoms in total. The van der Waals surface area contributed by atoms with E-state index in [-0.39, 0.29) is 0 Å². The molecule has 1 radical (unpaired) electrons. The molecule has 12 heavy (non-hydrogen) atoms. The Hall–Kier alpha value is -0.660. The summed E-state index contributed by atoms with van der Waals surface area (Å²) in [5.74, 6) is 3.56. The topological polar surface area (TPSA) is 18.5 Å². The van der Waals surface area contributed by atoms with Crippen LogP contribution in [0.1, 0.15) is 27.7 Å². The molecule has 0 atom stereocenters. The minimum absolute atomic E-state index is 0.412. The van der Waals surface area contributed by atoms with E-state index in [0.717, 1.165) is 11.5 Å². The van der Waals surface area contributed by atoms with Crippen molar-refractivity contribution in [1.82, 2.24) is 0 Å². The second-order valence-electron chi connectivity index (χ2n) is 3.54. The zero-order valence-corrected chi connectivity index (χ0v) is 8.31. The number of hydrogen-bond donors (Lipinski definition) is 0. The van der Waals surface area contributed by atoms with Crippen LogP contribution in [-0.2, 0) is 9.47 Å². The zero-order chi connectivity index (χ0) is 9.14. The highest BCUT2D eigenvalue weighted by Gasteiger charge is 2.20. The van der Waals surface area contributed by atoms with Gasteiger partial charge in [0.15, 0.2) is 0 Å². The van der Waals surface area contributed by atoms with Crippen molar-refractivity contribution < 1.29 is 9.47 Å². The molecule has 0 fully saturated rings. The van der Waals surface area contributed by atoms with Crippen molar-refractivity contribution in [3.63, 3.8) is 0 Å². The first-order valence-electron chi connectivity index (χ1n) is 4.43. The second kappa shape index (κ2) is 3.83. The summed E-state index contributed by atoms with van der Waals surface area (Å²) >= 11 is 0. The van der Waals surface area contributed by atoms with E-state index in [1.807, 2.05) is 13.8 Å². The van der Waals surface area contributed by atoms with Gasteiger partial charge in [0.1, 0.15) is 24.7 Å². The molecule has 0 spiro atoms. The molecule has 0 saturated carbocycles. The number of rotatable bonds is 2. The van der Waals surface area contributed by atoms with Crippen LogP contribution in [0.25, 0.3) is 0 Å². The fourth-order valence-corrected chi connectivity index (χ4v) is 1.25. The third kappa shape index (κ3) is 1.93. The van der Waals surface area contributed by atoms with Crippen molar-refractivity contribution in [2.75, 3.05) is 13.2 Å². The van der Waals surface area contributed by atoms with Crippen LogP contribution < -0.4 is 0 Å². The second-order valence-corrected chi connectivity index (χ2v) is 3.54. The predicted octanol–water partition coefficient (Wildman–Crippen LogP) is 2.52. The Morgan fingerprint density at radius 1 is 1.17 bits per heavy atom. The summed E-state index contributed by atoms with van der Waals surface area (Å²) in [6.45, 7) is 9.69. The third-order valence-corrected chi connectivity index (χ3v) is 1.79. The SMILES string of the molecule is C[C](C)C1=C(C(C)C)OCCO1. The fraction of sp³-hybridized carbons (Fsp3) is 0.700. The molecular weight excluding hydrogens is 152 g/mol. The monoisotopic (exact) mass is 169 g/mol. The van der Waals surface area contributed by atoms with Crippen LogP contribution in [0.5, 0.6) is 0 Å². The summed E-state index contributed by atoms with van der Waals surface area (Å²) in [7, 11) is 0. The third-order valence-electron chi connectivity index (χ3n) is 1.79. The normalized spacial score (nSPS) is 18.2. The zero-order valence-electron chi connectivity index (χ0n) is 8.31. The van der Waals surface area contributed by atoms with Crippen LogP contribution in [0.3, 0.4) is 0 Å². The first-order chi connectivity index (χ1) is 5.63. The lowest BCUT2D eigenvalue weighted by atomic mass is 10.0. The van der Waals surface area contributed by atoms with Gasteiger partial charge in [-0.25, -0.2) is 0 Å². The molecule has 1 aliphatic rings. The Labute approximate surface area is 74.6 Å². The van der Waals surface area contributed by atoms with E-state index in [9.17, 15) is 0 Å². The van der Waals surface area contributed by atoms with Gasteiger partial charge < -0.3 is 9.47 Å². The smallest absolute Gasteiger partial charge is 0.141 e. The molecule has 0 aromatic heterocycles. The highest BCUT2D eigenvalue weighted by atomic mass is 16.6. The molecule has 69 valence electrons. The average Bonchev–Trinajstić information content (AvgIpc) is 2.04. The Kier molecular flexibility index (Phi) is 3.01. The minimum Gasteiger partial charge on any atom is -0.491 e. The van der Waals surface area contributed by atoms with Crippen LogP contribution >= 0.6 is 0 Å². The molecule has 0 aromatic rings. The molecule has 0 aromatic carbocycles. The van der Waals surface area contributed by atoms with Crippen LogP contribution in [0.2, 0.25) is 0 Å². The molecule has 2 heteroatoms. The average molecular weight is 169 g/mol. The summed E-state index contributed by atoms with van der Waals surface area (Å²) in [5, 5.41) is 0. The van der Waals surface area contributed by atoms with Gasteiger partial charge in [0.2, 0.25) is 0 Å². The van der Waals surface area contributed by atoms with Gasteiger partial charge in [-0.3, -0.25) is 0 Å². The van der Waals surface area contributed by atoms with Gasteiger partial charge in [0.25, 0.3) is 0 Å². The van der Waals surface area contributed by atoms with Crippen molar-refractivity contribution in [2.24, 2.45) is 5.92 Å². The first kappa shape index (κ1) is 9.43. The Balaban J connectivity index is 2.83. The van der Waals surface area contributed by atoms with Gasteiger partial charge in [-0.1, -0.05) is 27.7 Å². The maximum Gasteiger partial charge on any atom is 0.141 e. The molecular formula is C10H17O2. The molecule has 0 saturated heterocycles. The van der Waals surface area contributed by atoms with E-state index in [1.165, 1.54) is 5.92 Å². The Morgan fingerprint density at radius 2 is 1.75 bits per heavy atom. The van der Waals surface area contributed by atoms with E-state index >= 15 is 0 Å². The lowest BCUT2D eigenvalue weighted by Gasteiger charge is -2.26. The largest absolute Gasteiger partial charge is 0.491 e. The standard InChI is InChI=1S/C10H17O2/c1-7(2)9-10(8(3)4)12-6-5-11-9/h7H,5-6H2,1-4H3. The van der Waals surface area contributed by atoms with Crippen molar-refractivity contribution in [3.05, 3.63) is 17.4 Å². The van der Waals surface area contributed by atoms with Crippen molar-refractivity contribution in [3.8, 4) is 0 Å². The van der Waals surface area contributed by atoms with Gasteiger partial charge in [-0.15, -0.1) is 0 Å². The number of hydrogen-bond acceptors (Lipinski definition) is 2. The van der Waals surface area contributed by atoms with Gasteiger partial charge in [-0.2, -0.15) is 0 Å². The first-order valence-corrected chi connectivity index (χ1v) is 4.43. The highest BCUT2D eigenvalue weighted by molar-refractivity contribution is 5.20. The fourth-order valence-electron chi connectivity index (χ4n) is 1.25. The molecule has 1 aliphatic heterocycles. The summed E-state index contributed by atoms with van der Waals surface area (Å²) in [6.07, 6.45) is 0. The van der Waals surface area contributed by atoms with Crippen LogP contribution in [-0.4, -0.2) is 13.2 Å². The van der Waals surface area contributed by atoms with Crippen LogP contribution in [0.15, 0.2) is 11.5 Å². The van der Waals surface area contributed by atoms with Gasteiger partial charge in [0.05, 0.1) is 0 Å². The molecule has 0 N–H and O–H groups in total. The van der Waals surface area contributed by atoms with Crippen molar-refractivity contribution in [2.45, 2.75) is 27.7 Å². The Bertz CT molecular complexity index is 160. The highest BCUT2D eigenvalue weighted by Crippen LogP contribution is 2.27. The predicted molar refractivity (Wildman–Crippen MR) is 48.4 cm³/mol. The van der Waals surface area contributed by atoms with E-state index < -0.39 is 0 Å². The molecule has 1 rings (SSSR count). The molecule has 1 heterocycles. The quantitative estimate of drug-likeness (QED) is 0.632. The van der Waals surface area contributed by atoms with Crippen molar-refractivity contribution >= 4 is 0 Å². The van der Waals surface area contributed by atoms with E-state index in [4.69, 9.17) is 9.47 Å². The lowest BCUT2D eigenvalue weighted by Crippen LogP contribution is -2.19. The maximum absolute atomic E-state index is 5.55.